The molecule has 3 aromatic heterocycles. The minimum Gasteiger partial charge on any atom is -0.379 e. The molecule has 1 aliphatic carbocycles. The van der Waals surface area contributed by atoms with Gasteiger partial charge in [-0.3, -0.25) is 9.58 Å². The highest BCUT2D eigenvalue weighted by molar-refractivity contribution is 7.17. The van der Waals surface area contributed by atoms with Crippen molar-refractivity contribution in [3.05, 3.63) is 23.3 Å². The molecule has 3 aliphatic rings. The van der Waals surface area contributed by atoms with E-state index in [1.54, 1.807) is 11.3 Å². The van der Waals surface area contributed by atoms with Gasteiger partial charge in [-0.05, 0) is 50.0 Å². The Hall–Kier alpha value is -2.27. The zero-order valence-corrected chi connectivity index (χ0v) is 20.5. The molecular formula is C24H33N7O2S. The van der Waals surface area contributed by atoms with Gasteiger partial charge in [0.1, 0.15) is 10.6 Å². The quantitative estimate of drug-likeness (QED) is 0.545. The van der Waals surface area contributed by atoms with Gasteiger partial charge < -0.3 is 20.1 Å². The number of rotatable bonds is 6. The zero-order chi connectivity index (χ0) is 22.9. The second kappa shape index (κ2) is 9.77. The van der Waals surface area contributed by atoms with Gasteiger partial charge in [0.05, 0.1) is 43.1 Å². The van der Waals surface area contributed by atoms with Crippen LogP contribution in [0.15, 0.2) is 17.8 Å². The van der Waals surface area contributed by atoms with E-state index in [0.717, 1.165) is 80.5 Å². The highest BCUT2D eigenvalue weighted by atomic mass is 32.1. The number of morpholine rings is 1. The summed E-state index contributed by atoms with van der Waals surface area (Å²) in [5, 5.41) is 15.0. The Morgan fingerprint density at radius 3 is 2.65 bits per heavy atom. The van der Waals surface area contributed by atoms with Crippen LogP contribution in [0, 0.1) is 6.92 Å². The van der Waals surface area contributed by atoms with E-state index in [2.05, 4.69) is 32.9 Å². The fraction of sp³-hybridized carbons (Fsp3) is 0.625. The van der Waals surface area contributed by atoms with Crippen LogP contribution in [0.1, 0.15) is 43.7 Å². The number of thiophene rings is 1. The topological polar surface area (TPSA) is 89.4 Å². The predicted octanol–water partition coefficient (Wildman–Crippen LogP) is 3.96. The van der Waals surface area contributed by atoms with E-state index in [9.17, 15) is 0 Å². The molecule has 9 nitrogen and oxygen atoms in total. The lowest BCUT2D eigenvalue weighted by atomic mass is 9.90. The molecule has 0 amide bonds. The van der Waals surface area contributed by atoms with Crippen LogP contribution in [0.3, 0.4) is 0 Å². The van der Waals surface area contributed by atoms with Crippen LogP contribution >= 0.6 is 11.3 Å². The lowest BCUT2D eigenvalue weighted by Gasteiger charge is -2.39. The van der Waals surface area contributed by atoms with E-state index in [1.807, 2.05) is 17.1 Å². The van der Waals surface area contributed by atoms with Crippen molar-refractivity contribution in [2.24, 2.45) is 0 Å². The van der Waals surface area contributed by atoms with Crippen molar-refractivity contribution >= 4 is 39.0 Å². The molecule has 0 spiro atoms. The summed E-state index contributed by atoms with van der Waals surface area (Å²) < 4.78 is 13.0. The van der Waals surface area contributed by atoms with E-state index in [1.165, 1.54) is 18.4 Å². The predicted molar refractivity (Wildman–Crippen MR) is 134 cm³/mol. The molecule has 182 valence electrons. The molecule has 34 heavy (non-hydrogen) atoms. The molecule has 2 saturated heterocycles. The number of aromatic nitrogens is 4. The maximum absolute atomic E-state index is 5.53. The molecule has 3 fully saturated rings. The van der Waals surface area contributed by atoms with Crippen molar-refractivity contribution in [3.8, 4) is 0 Å². The number of nitrogens with zero attached hydrogens (tertiary/aromatic N) is 5. The standard InChI is InChI=1S/C24H33N7O2S/c1-16-15-34-23-21(16)22(26-17-2-4-19(5-3-17)30-7-10-32-11-8-30)28-24(29-23)27-18-12-25-31(13-18)20-6-9-33-14-20/h12-13,15,17,19-20H,2-11,14H2,1H3,(H2,26,27,28,29). The molecule has 5 heterocycles. The first-order chi connectivity index (χ1) is 16.7. The molecule has 10 heteroatoms. The van der Waals surface area contributed by atoms with Crippen LogP contribution in [0.25, 0.3) is 10.2 Å². The molecule has 0 aromatic carbocycles. The van der Waals surface area contributed by atoms with E-state index < -0.39 is 0 Å². The van der Waals surface area contributed by atoms with Crippen molar-refractivity contribution < 1.29 is 9.47 Å². The molecule has 2 N–H and O–H groups in total. The van der Waals surface area contributed by atoms with Crippen LogP contribution in [0.4, 0.5) is 17.5 Å². The Morgan fingerprint density at radius 1 is 1.00 bits per heavy atom. The third-order valence-corrected chi connectivity index (χ3v) is 8.34. The molecular weight excluding hydrogens is 450 g/mol. The van der Waals surface area contributed by atoms with Crippen molar-refractivity contribution in [3.63, 3.8) is 0 Å². The Morgan fingerprint density at radius 2 is 1.85 bits per heavy atom. The number of fused-ring (bicyclic) bond motifs is 1. The van der Waals surface area contributed by atoms with Crippen molar-refractivity contribution in [1.82, 2.24) is 24.6 Å². The highest BCUT2D eigenvalue weighted by Crippen LogP contribution is 2.34. The lowest BCUT2D eigenvalue weighted by Crippen LogP contribution is -2.46. The number of aryl methyl sites for hydroxylation is 1. The Kier molecular flexibility index (Phi) is 6.38. The summed E-state index contributed by atoms with van der Waals surface area (Å²) >= 11 is 1.67. The van der Waals surface area contributed by atoms with Gasteiger partial charge in [-0.25, -0.2) is 4.98 Å². The third-order valence-electron chi connectivity index (χ3n) is 7.35. The second-order valence-corrected chi connectivity index (χ2v) is 10.5. The molecule has 2 aliphatic heterocycles. The summed E-state index contributed by atoms with van der Waals surface area (Å²) in [5.74, 6) is 1.55. The smallest absolute Gasteiger partial charge is 0.230 e. The summed E-state index contributed by atoms with van der Waals surface area (Å²) in [5.41, 5.74) is 2.13. The van der Waals surface area contributed by atoms with E-state index >= 15 is 0 Å². The normalized spacial score (nSPS) is 26.2. The number of hydrogen-bond donors (Lipinski definition) is 2. The Balaban J connectivity index is 1.16. The Labute approximate surface area is 203 Å². The van der Waals surface area contributed by atoms with Crippen LogP contribution in [0.5, 0.6) is 0 Å². The summed E-state index contributed by atoms with van der Waals surface area (Å²) in [6, 6.07) is 1.44. The van der Waals surface area contributed by atoms with Gasteiger partial charge in [-0.1, -0.05) is 0 Å². The Bertz CT molecular complexity index is 1110. The van der Waals surface area contributed by atoms with Crippen LogP contribution in [-0.2, 0) is 9.47 Å². The number of anilines is 3. The molecule has 1 unspecified atom stereocenters. The zero-order valence-electron chi connectivity index (χ0n) is 19.7. The van der Waals surface area contributed by atoms with Gasteiger partial charge in [0.2, 0.25) is 5.95 Å². The van der Waals surface area contributed by atoms with E-state index in [0.29, 0.717) is 24.1 Å². The summed E-state index contributed by atoms with van der Waals surface area (Å²) in [6.07, 6.45) is 9.64. The van der Waals surface area contributed by atoms with Gasteiger partial charge in [0.15, 0.2) is 0 Å². The third kappa shape index (κ3) is 4.64. The van der Waals surface area contributed by atoms with Crippen LogP contribution < -0.4 is 10.6 Å². The average Bonchev–Trinajstić information content (AvgIpc) is 3.62. The number of hydrogen-bond acceptors (Lipinski definition) is 9. The minimum atomic E-state index is 0.309. The van der Waals surface area contributed by atoms with Gasteiger partial charge >= 0.3 is 0 Å². The van der Waals surface area contributed by atoms with Crippen LogP contribution in [0.2, 0.25) is 0 Å². The SMILES string of the molecule is Cc1csc2nc(Nc3cnn(C4CCOC4)c3)nc(NC3CCC(N4CCOCC4)CC3)c12. The molecule has 1 atom stereocenters. The highest BCUT2D eigenvalue weighted by Gasteiger charge is 2.28. The molecule has 6 rings (SSSR count). The lowest BCUT2D eigenvalue weighted by molar-refractivity contribution is 0.00791. The molecule has 3 aromatic rings. The van der Waals surface area contributed by atoms with Crippen molar-refractivity contribution in [1.29, 1.82) is 0 Å². The van der Waals surface area contributed by atoms with Crippen molar-refractivity contribution in [2.75, 3.05) is 50.2 Å². The van der Waals surface area contributed by atoms with E-state index in [4.69, 9.17) is 19.4 Å². The first-order valence-corrected chi connectivity index (χ1v) is 13.3. The summed E-state index contributed by atoms with van der Waals surface area (Å²) in [6.45, 7) is 7.55. The minimum absolute atomic E-state index is 0.309. The van der Waals surface area contributed by atoms with Gasteiger partial charge in [-0.15, -0.1) is 11.3 Å². The van der Waals surface area contributed by atoms with Crippen LogP contribution in [-0.4, -0.2) is 76.2 Å². The fourth-order valence-corrected chi connectivity index (χ4v) is 6.35. The monoisotopic (exact) mass is 483 g/mol. The maximum atomic E-state index is 5.53. The number of ether oxygens (including phenoxy) is 2. The van der Waals surface area contributed by atoms with Gasteiger partial charge in [0, 0.05) is 38.0 Å². The second-order valence-electron chi connectivity index (χ2n) is 9.64. The van der Waals surface area contributed by atoms with Gasteiger partial charge in [-0.2, -0.15) is 10.1 Å². The molecule has 0 bridgehead atoms. The maximum Gasteiger partial charge on any atom is 0.230 e. The van der Waals surface area contributed by atoms with Gasteiger partial charge in [0.25, 0.3) is 0 Å². The molecule has 0 radical (unpaired) electrons. The summed E-state index contributed by atoms with van der Waals surface area (Å²) in [4.78, 5) is 13.4. The average molecular weight is 484 g/mol. The summed E-state index contributed by atoms with van der Waals surface area (Å²) in [7, 11) is 0. The van der Waals surface area contributed by atoms with Crippen molar-refractivity contribution in [2.45, 2.75) is 57.2 Å². The van der Waals surface area contributed by atoms with E-state index in [-0.39, 0.29) is 0 Å². The largest absolute Gasteiger partial charge is 0.379 e. The molecule has 1 saturated carbocycles. The number of nitrogens with one attached hydrogen (secondary N) is 2. The first kappa shape index (κ1) is 22.2. The fourth-order valence-electron chi connectivity index (χ4n) is 5.43. The first-order valence-electron chi connectivity index (χ1n) is 12.5.